The molecule has 1 nitrogen and oxygen atoms in total. The van der Waals surface area contributed by atoms with Crippen molar-refractivity contribution in [3.63, 3.8) is 0 Å². The molecule has 0 aromatic rings. The molecule has 0 saturated heterocycles. The minimum absolute atomic E-state index is 0.123. The molecule has 0 unspecified atom stereocenters. The summed E-state index contributed by atoms with van der Waals surface area (Å²) in [5.74, 6) is 0. The molecule has 0 aliphatic heterocycles. The van der Waals surface area contributed by atoms with Gasteiger partial charge >= 0.3 is 12.4 Å². The maximum Gasteiger partial charge on any atom is 0.426 e. The summed E-state index contributed by atoms with van der Waals surface area (Å²) in [5.41, 5.74) is -5.85. The third kappa shape index (κ3) is 3.26. The maximum atomic E-state index is 12.4. The molecule has 0 aliphatic rings. The Labute approximate surface area is 95.8 Å². The first-order valence-corrected chi connectivity index (χ1v) is 5.19. The number of hydrogen-bond acceptors (Lipinski definition) is 1. The summed E-state index contributed by atoms with van der Waals surface area (Å²) in [5, 5.41) is 9.03. The molecule has 0 radical (unpaired) electrons. The van der Waals surface area contributed by atoms with Gasteiger partial charge in [0, 0.05) is 0 Å². The van der Waals surface area contributed by atoms with Gasteiger partial charge in [-0.25, -0.2) is 0 Å². The van der Waals surface area contributed by atoms with E-state index in [1.807, 2.05) is 0 Å². The van der Waals surface area contributed by atoms with Gasteiger partial charge in [0.15, 0.2) is 0 Å². The second-order valence-corrected chi connectivity index (χ2v) is 4.55. The van der Waals surface area contributed by atoms with Crippen LogP contribution in [0.5, 0.6) is 0 Å². The van der Waals surface area contributed by atoms with E-state index in [0.29, 0.717) is 0 Å². The number of aliphatic hydroxyl groups is 1. The van der Waals surface area contributed by atoms with Crippen LogP contribution in [-0.2, 0) is 0 Å². The van der Waals surface area contributed by atoms with E-state index >= 15 is 0 Å². The average Bonchev–Trinajstić information content (AvgIpc) is 2.14. The summed E-state index contributed by atoms with van der Waals surface area (Å²) < 4.78 is 74.6. The van der Waals surface area contributed by atoms with Gasteiger partial charge in [0.1, 0.15) is 0 Å². The Bertz CT molecular complexity index is 237. The molecule has 0 amide bonds. The molecular weight excluding hydrogens is 250 g/mol. The topological polar surface area (TPSA) is 20.2 Å². The fourth-order valence-electron chi connectivity index (χ4n) is 1.48. The Morgan fingerprint density at radius 2 is 1.12 bits per heavy atom. The SMILES string of the molecule is CCC(C)(CC)CC(O)(C(F)(F)F)C(F)(F)F. The summed E-state index contributed by atoms with van der Waals surface area (Å²) in [6.07, 6.45) is -12.6. The van der Waals surface area contributed by atoms with Crippen LogP contribution in [-0.4, -0.2) is 23.1 Å². The zero-order valence-corrected chi connectivity index (χ0v) is 9.84. The minimum atomic E-state index is -5.73. The Balaban J connectivity index is 5.40. The van der Waals surface area contributed by atoms with Crippen molar-refractivity contribution in [1.82, 2.24) is 0 Å². The lowest BCUT2D eigenvalue weighted by atomic mass is 9.74. The number of halogens is 6. The summed E-state index contributed by atoms with van der Waals surface area (Å²) in [6.45, 7) is 4.29. The zero-order valence-electron chi connectivity index (χ0n) is 9.84. The molecule has 0 aromatic heterocycles. The molecule has 0 fully saturated rings. The number of rotatable bonds is 4. The molecule has 0 rings (SSSR count). The Kier molecular flexibility index (Phi) is 4.54. The molecule has 104 valence electrons. The van der Waals surface area contributed by atoms with Crippen molar-refractivity contribution in [1.29, 1.82) is 0 Å². The highest BCUT2D eigenvalue weighted by molar-refractivity contribution is 4.98. The average molecular weight is 266 g/mol. The van der Waals surface area contributed by atoms with Crippen molar-refractivity contribution >= 4 is 0 Å². The number of hydrogen-bond donors (Lipinski definition) is 1. The van der Waals surface area contributed by atoms with E-state index in [-0.39, 0.29) is 12.8 Å². The molecule has 0 spiro atoms. The first-order valence-electron chi connectivity index (χ1n) is 5.19. The van der Waals surface area contributed by atoms with E-state index in [0.717, 1.165) is 0 Å². The lowest BCUT2D eigenvalue weighted by Gasteiger charge is -2.39. The van der Waals surface area contributed by atoms with E-state index in [1.165, 1.54) is 20.8 Å². The van der Waals surface area contributed by atoms with Crippen LogP contribution in [0.25, 0.3) is 0 Å². The minimum Gasteiger partial charge on any atom is -0.374 e. The molecule has 0 aliphatic carbocycles. The van der Waals surface area contributed by atoms with Crippen LogP contribution in [0.3, 0.4) is 0 Å². The van der Waals surface area contributed by atoms with Crippen molar-refractivity contribution < 1.29 is 31.4 Å². The Hall–Kier alpha value is -0.460. The largest absolute Gasteiger partial charge is 0.426 e. The molecule has 0 atom stereocenters. The third-order valence-corrected chi connectivity index (χ3v) is 3.33. The van der Waals surface area contributed by atoms with Crippen molar-refractivity contribution in [2.75, 3.05) is 0 Å². The molecule has 1 N–H and O–H groups in total. The second-order valence-electron chi connectivity index (χ2n) is 4.55. The molecule has 7 heteroatoms. The summed E-state index contributed by atoms with van der Waals surface area (Å²) in [6, 6.07) is 0. The van der Waals surface area contributed by atoms with Crippen molar-refractivity contribution in [3.05, 3.63) is 0 Å². The first-order chi connectivity index (χ1) is 7.33. The van der Waals surface area contributed by atoms with Crippen molar-refractivity contribution in [2.24, 2.45) is 5.41 Å². The van der Waals surface area contributed by atoms with E-state index in [9.17, 15) is 26.3 Å². The zero-order chi connectivity index (χ0) is 14.1. The third-order valence-electron chi connectivity index (χ3n) is 3.33. The second kappa shape index (κ2) is 4.66. The molecule has 0 aromatic carbocycles. The van der Waals surface area contributed by atoms with E-state index in [1.54, 1.807) is 0 Å². The van der Waals surface area contributed by atoms with Crippen LogP contribution in [0, 0.1) is 5.41 Å². The highest BCUT2D eigenvalue weighted by Crippen LogP contribution is 2.50. The van der Waals surface area contributed by atoms with Crippen LogP contribution in [0.2, 0.25) is 0 Å². The highest BCUT2D eigenvalue weighted by atomic mass is 19.4. The number of alkyl halides is 6. The van der Waals surface area contributed by atoms with Crippen LogP contribution in [0.1, 0.15) is 40.0 Å². The van der Waals surface area contributed by atoms with Gasteiger partial charge < -0.3 is 5.11 Å². The maximum absolute atomic E-state index is 12.4. The van der Waals surface area contributed by atoms with Gasteiger partial charge in [-0.05, 0) is 11.8 Å². The van der Waals surface area contributed by atoms with Gasteiger partial charge in [0.05, 0.1) is 0 Å². The Morgan fingerprint density at radius 3 is 1.29 bits per heavy atom. The summed E-state index contributed by atoms with van der Waals surface area (Å²) >= 11 is 0. The predicted molar refractivity (Wildman–Crippen MR) is 50.4 cm³/mol. The molecule has 0 bridgehead atoms. The standard InChI is InChI=1S/C10H16F6O/c1-4-7(3,5-2)6-8(17,9(11,12)13)10(14,15)16/h17H,4-6H2,1-3H3. The first kappa shape index (κ1) is 16.5. The lowest BCUT2D eigenvalue weighted by Crippen LogP contribution is -2.58. The fourth-order valence-corrected chi connectivity index (χ4v) is 1.48. The van der Waals surface area contributed by atoms with Crippen LogP contribution in [0.15, 0.2) is 0 Å². The van der Waals surface area contributed by atoms with E-state index < -0.39 is 29.8 Å². The smallest absolute Gasteiger partial charge is 0.374 e. The lowest BCUT2D eigenvalue weighted by molar-refractivity contribution is -0.376. The van der Waals surface area contributed by atoms with Crippen LogP contribution in [0.4, 0.5) is 26.3 Å². The molecular formula is C10H16F6O. The van der Waals surface area contributed by atoms with Gasteiger partial charge in [-0.2, -0.15) is 26.3 Å². The monoisotopic (exact) mass is 266 g/mol. The van der Waals surface area contributed by atoms with Gasteiger partial charge in [0.25, 0.3) is 5.60 Å². The van der Waals surface area contributed by atoms with Crippen LogP contribution >= 0.6 is 0 Å². The normalized spacial score (nSPS) is 15.2. The van der Waals surface area contributed by atoms with Crippen molar-refractivity contribution in [2.45, 2.75) is 58.0 Å². The van der Waals surface area contributed by atoms with E-state index in [4.69, 9.17) is 5.11 Å². The van der Waals surface area contributed by atoms with Gasteiger partial charge in [-0.15, -0.1) is 0 Å². The summed E-state index contributed by atoms with van der Waals surface area (Å²) in [7, 11) is 0. The fraction of sp³-hybridized carbons (Fsp3) is 1.00. The van der Waals surface area contributed by atoms with Crippen molar-refractivity contribution in [3.8, 4) is 0 Å². The summed E-state index contributed by atoms with van der Waals surface area (Å²) in [4.78, 5) is 0. The molecule has 17 heavy (non-hydrogen) atoms. The van der Waals surface area contributed by atoms with Gasteiger partial charge in [-0.1, -0.05) is 33.6 Å². The molecule has 0 saturated carbocycles. The van der Waals surface area contributed by atoms with Gasteiger partial charge in [-0.3, -0.25) is 0 Å². The highest BCUT2D eigenvalue weighted by Gasteiger charge is 2.71. The quantitative estimate of drug-likeness (QED) is 0.761. The Morgan fingerprint density at radius 1 is 0.824 bits per heavy atom. The molecule has 0 heterocycles. The van der Waals surface area contributed by atoms with Crippen LogP contribution < -0.4 is 0 Å². The van der Waals surface area contributed by atoms with E-state index in [2.05, 4.69) is 0 Å². The van der Waals surface area contributed by atoms with Gasteiger partial charge in [0.2, 0.25) is 0 Å². The predicted octanol–water partition coefficient (Wildman–Crippen LogP) is 4.06.